The number of hydrogen-bond donors (Lipinski definition) is 4. The first kappa shape index (κ1) is 53.6. The van der Waals surface area contributed by atoms with Gasteiger partial charge < -0.3 is 34.3 Å². The third-order valence-corrected chi connectivity index (χ3v) is 10.6. The predicted octanol–water partition coefficient (Wildman–Crippen LogP) is 8.78. The summed E-state index contributed by atoms with van der Waals surface area (Å²) in [6, 6.07) is 0. The van der Waals surface area contributed by atoms with E-state index >= 15 is 0 Å². The van der Waals surface area contributed by atoms with Gasteiger partial charge in [-0.2, -0.15) is 8.42 Å². The largest absolute Gasteiger partial charge is 0.462 e. The molecule has 0 aliphatic carbocycles. The summed E-state index contributed by atoms with van der Waals surface area (Å²) in [5, 5.41) is 30.8. The topological polar surface area (TPSA) is 186 Å². The second-order valence-corrected chi connectivity index (χ2v) is 16.9. The minimum absolute atomic E-state index is 0.152. The Morgan fingerprint density at radius 3 is 1.64 bits per heavy atom. The van der Waals surface area contributed by atoms with Gasteiger partial charge in [0.15, 0.2) is 12.4 Å². The van der Waals surface area contributed by atoms with Crippen molar-refractivity contribution in [1.29, 1.82) is 0 Å². The molecule has 0 amide bonds. The molecule has 0 aromatic carbocycles. The van der Waals surface area contributed by atoms with Crippen LogP contribution in [0.1, 0.15) is 168 Å². The van der Waals surface area contributed by atoms with Gasteiger partial charge in [-0.3, -0.25) is 14.1 Å². The van der Waals surface area contributed by atoms with Crippen molar-refractivity contribution >= 4 is 22.1 Å². The third-order valence-electron chi connectivity index (χ3n) is 9.88. The standard InChI is InChI=1S/C45H78O12S/c1-3-5-7-9-11-13-15-17-19-21-23-25-27-29-31-33-40(46)54-35-38(36-55-45-44(50)43(49)42(48)39(57-45)37-58(51,52)53)56-41(47)34-32-30-28-26-24-22-20-18-16-14-12-10-8-6-4-2/h10-13,17,19,23,25,38-39,42-45,48-50H,3-9,14-16,18,20-22,24,26-37H2,1-2H3,(H,51,52,53)/b12-10+,13-11+,19-17+,25-23+/t38-,39-,42-,43?,44?,45+/m1/s1. The maximum absolute atomic E-state index is 12.8. The highest BCUT2D eigenvalue weighted by atomic mass is 32.2. The first-order chi connectivity index (χ1) is 28.0. The number of aliphatic hydroxyl groups excluding tert-OH is 3. The highest BCUT2D eigenvalue weighted by Gasteiger charge is 2.46. The van der Waals surface area contributed by atoms with Crippen LogP contribution in [0.2, 0.25) is 0 Å². The van der Waals surface area contributed by atoms with Gasteiger partial charge in [0.25, 0.3) is 10.1 Å². The van der Waals surface area contributed by atoms with Crippen molar-refractivity contribution in [3.05, 3.63) is 48.6 Å². The van der Waals surface area contributed by atoms with Gasteiger partial charge in [-0.05, 0) is 70.6 Å². The van der Waals surface area contributed by atoms with E-state index < -0.39 is 71.2 Å². The fraction of sp³-hybridized carbons (Fsp3) is 0.778. The zero-order valence-electron chi connectivity index (χ0n) is 35.6. The molecule has 1 saturated heterocycles. The first-order valence-corrected chi connectivity index (χ1v) is 23.8. The van der Waals surface area contributed by atoms with Crippen molar-refractivity contribution in [2.75, 3.05) is 19.0 Å². The molecule has 1 rings (SSSR count). The second-order valence-electron chi connectivity index (χ2n) is 15.4. The fourth-order valence-corrected chi connectivity index (χ4v) is 7.06. The Bertz CT molecular complexity index is 1260. The van der Waals surface area contributed by atoms with Crippen LogP contribution in [-0.4, -0.2) is 96.0 Å². The molecule has 336 valence electrons. The first-order valence-electron chi connectivity index (χ1n) is 22.2. The van der Waals surface area contributed by atoms with E-state index in [-0.39, 0.29) is 19.4 Å². The van der Waals surface area contributed by atoms with Crippen molar-refractivity contribution in [1.82, 2.24) is 0 Å². The van der Waals surface area contributed by atoms with E-state index in [0.717, 1.165) is 57.8 Å². The number of hydrogen-bond acceptors (Lipinski definition) is 11. The van der Waals surface area contributed by atoms with Crippen molar-refractivity contribution in [3.8, 4) is 0 Å². The summed E-state index contributed by atoms with van der Waals surface area (Å²) in [6.45, 7) is 3.66. The monoisotopic (exact) mass is 843 g/mol. The lowest BCUT2D eigenvalue weighted by molar-refractivity contribution is -0.297. The molecule has 0 aromatic heterocycles. The number of carbonyl (C=O) groups is 2. The van der Waals surface area contributed by atoms with E-state index in [1.165, 1.54) is 70.6 Å². The van der Waals surface area contributed by atoms with Gasteiger partial charge in [0.05, 0.1) is 6.61 Å². The molecule has 13 heteroatoms. The van der Waals surface area contributed by atoms with E-state index in [4.69, 9.17) is 18.9 Å². The normalized spacial score (nSPS) is 20.8. The average Bonchev–Trinajstić information content (AvgIpc) is 3.18. The molecule has 0 saturated carbocycles. The van der Waals surface area contributed by atoms with Crippen LogP contribution >= 0.6 is 0 Å². The van der Waals surface area contributed by atoms with Crippen LogP contribution < -0.4 is 0 Å². The molecule has 0 aromatic rings. The molecule has 1 heterocycles. The van der Waals surface area contributed by atoms with Gasteiger partial charge >= 0.3 is 11.9 Å². The van der Waals surface area contributed by atoms with Crippen LogP contribution in [0.25, 0.3) is 0 Å². The van der Waals surface area contributed by atoms with Crippen LogP contribution in [0, 0.1) is 0 Å². The quantitative estimate of drug-likeness (QED) is 0.0204. The van der Waals surface area contributed by atoms with Crippen LogP contribution in [-0.2, 0) is 38.7 Å². The number of aliphatic hydroxyl groups is 3. The molecule has 1 aliphatic rings. The Kier molecular flexibility index (Phi) is 32.7. The second kappa shape index (κ2) is 35.4. The Hall–Kier alpha value is -2.39. The van der Waals surface area contributed by atoms with Crippen LogP contribution in [0.15, 0.2) is 48.6 Å². The Morgan fingerprint density at radius 2 is 1.05 bits per heavy atom. The number of ether oxygens (including phenoxy) is 4. The number of allylic oxidation sites excluding steroid dienone is 8. The van der Waals surface area contributed by atoms with E-state index in [1.807, 2.05) is 0 Å². The lowest BCUT2D eigenvalue weighted by Crippen LogP contribution is -2.60. The highest BCUT2D eigenvalue weighted by Crippen LogP contribution is 2.24. The summed E-state index contributed by atoms with van der Waals surface area (Å²) in [6.07, 6.45) is 31.6. The molecule has 1 aliphatic heterocycles. The van der Waals surface area contributed by atoms with E-state index in [1.54, 1.807) is 0 Å². The van der Waals surface area contributed by atoms with Crippen LogP contribution in [0.5, 0.6) is 0 Å². The molecule has 58 heavy (non-hydrogen) atoms. The molecule has 0 spiro atoms. The number of carbonyl (C=O) groups excluding carboxylic acids is 2. The minimum Gasteiger partial charge on any atom is -0.462 e. The van der Waals surface area contributed by atoms with Gasteiger partial charge in [-0.15, -0.1) is 0 Å². The van der Waals surface area contributed by atoms with Gasteiger partial charge in [-0.1, -0.05) is 133 Å². The molecule has 0 radical (unpaired) electrons. The van der Waals surface area contributed by atoms with Gasteiger partial charge in [0, 0.05) is 12.8 Å². The molecule has 0 bridgehead atoms. The minimum atomic E-state index is -4.61. The number of rotatable bonds is 36. The third kappa shape index (κ3) is 29.8. The lowest BCUT2D eigenvalue weighted by atomic mass is 10.00. The maximum Gasteiger partial charge on any atom is 0.306 e. The summed E-state index contributed by atoms with van der Waals surface area (Å²) in [4.78, 5) is 25.4. The smallest absolute Gasteiger partial charge is 0.306 e. The van der Waals surface area contributed by atoms with E-state index in [0.29, 0.717) is 12.8 Å². The van der Waals surface area contributed by atoms with Crippen molar-refractivity contribution in [3.63, 3.8) is 0 Å². The summed E-state index contributed by atoms with van der Waals surface area (Å²) >= 11 is 0. The molecular formula is C45H78O12S. The molecule has 1 fully saturated rings. The fourth-order valence-electron chi connectivity index (χ4n) is 6.37. The Labute approximate surface area is 350 Å². The van der Waals surface area contributed by atoms with Gasteiger partial charge in [-0.25, -0.2) is 0 Å². The number of esters is 2. The van der Waals surface area contributed by atoms with Crippen molar-refractivity contribution in [2.24, 2.45) is 0 Å². The average molecular weight is 843 g/mol. The zero-order valence-corrected chi connectivity index (χ0v) is 36.5. The maximum atomic E-state index is 12.8. The molecule has 12 nitrogen and oxygen atoms in total. The van der Waals surface area contributed by atoms with Gasteiger partial charge in [0.2, 0.25) is 0 Å². The summed E-state index contributed by atoms with van der Waals surface area (Å²) in [7, 11) is -4.61. The Morgan fingerprint density at radius 1 is 0.586 bits per heavy atom. The SMILES string of the molecule is CCCC/C=C/CCCCCCCCCCCC(=O)O[C@H](COC(=O)CCCC/C=C/C/C=C/C/C=C/CCCCC)CO[C@H]1O[C@H](CS(=O)(=O)O)[C@@H](O)C(O)C1O. The van der Waals surface area contributed by atoms with E-state index in [9.17, 15) is 37.9 Å². The number of unbranched alkanes of at least 4 members (excludes halogenated alkanes) is 16. The Balaban J connectivity index is 2.49. The molecule has 6 atom stereocenters. The lowest BCUT2D eigenvalue weighted by Gasteiger charge is -2.40. The zero-order chi connectivity index (χ0) is 42.7. The molecule has 2 unspecified atom stereocenters. The van der Waals surface area contributed by atoms with E-state index in [2.05, 4.69) is 62.5 Å². The van der Waals surface area contributed by atoms with Gasteiger partial charge in [0.1, 0.15) is 36.8 Å². The summed E-state index contributed by atoms with van der Waals surface area (Å²) < 4.78 is 54.0. The summed E-state index contributed by atoms with van der Waals surface area (Å²) in [5.74, 6) is -2.04. The van der Waals surface area contributed by atoms with Crippen molar-refractivity contribution in [2.45, 2.75) is 205 Å². The predicted molar refractivity (Wildman–Crippen MR) is 229 cm³/mol. The van der Waals surface area contributed by atoms with Crippen LogP contribution in [0.3, 0.4) is 0 Å². The van der Waals surface area contributed by atoms with Crippen molar-refractivity contribution < 1.29 is 56.8 Å². The molecule has 4 N–H and O–H groups in total. The summed E-state index contributed by atoms with van der Waals surface area (Å²) in [5.41, 5.74) is 0. The van der Waals surface area contributed by atoms with Crippen LogP contribution in [0.4, 0.5) is 0 Å². The highest BCUT2D eigenvalue weighted by molar-refractivity contribution is 7.85. The molecular weight excluding hydrogens is 765 g/mol.